The van der Waals surface area contributed by atoms with E-state index in [0.717, 1.165) is 17.1 Å². The largest absolute Gasteiger partial charge is 0.490 e. The lowest BCUT2D eigenvalue weighted by Gasteiger charge is -2.10. The Hall–Kier alpha value is -3.34. The average Bonchev–Trinajstić information content (AvgIpc) is 2.69. The van der Waals surface area contributed by atoms with Gasteiger partial charge in [-0.15, -0.1) is 0 Å². The Morgan fingerprint density at radius 2 is 1.61 bits per heavy atom. The number of hydrogen-bond acceptors (Lipinski definition) is 3. The lowest BCUT2D eigenvalue weighted by molar-refractivity contribution is -0.136. The van der Waals surface area contributed by atoms with Gasteiger partial charge in [0.25, 0.3) is 0 Å². The molecular weight excluding hydrogens is 359 g/mol. The van der Waals surface area contributed by atoms with Gasteiger partial charge in [0.15, 0.2) is 11.6 Å². The normalized spacial score (nSPS) is 10.5. The lowest BCUT2D eigenvalue weighted by atomic mass is 10.1. The fourth-order valence-electron chi connectivity index (χ4n) is 2.74. The molecule has 0 radical (unpaired) electrons. The number of hydrogen-bond donors (Lipinski definition) is 1. The molecule has 0 aromatic heterocycles. The van der Waals surface area contributed by atoms with E-state index >= 15 is 0 Å². The number of rotatable bonds is 9. The quantitative estimate of drug-likeness (QED) is 0.550. The molecule has 0 amide bonds. The summed E-state index contributed by atoms with van der Waals surface area (Å²) in [5, 5.41) is 8.70. The predicted molar refractivity (Wildman–Crippen MR) is 105 cm³/mol. The minimum atomic E-state index is -0.904. The smallest absolute Gasteiger partial charge is 0.303 e. The highest BCUT2D eigenvalue weighted by molar-refractivity contribution is 5.67. The summed E-state index contributed by atoms with van der Waals surface area (Å²) in [6, 6.07) is 21.8. The van der Waals surface area contributed by atoms with Gasteiger partial charge in [0.1, 0.15) is 11.5 Å². The molecule has 0 aliphatic rings. The third kappa shape index (κ3) is 5.84. The SMILES string of the molecule is O=C(O)CCc1ccc(OCCc2cccc(Oc3ccccc3)c2)c(F)c1. The summed E-state index contributed by atoms with van der Waals surface area (Å²) in [6.07, 6.45) is 0.869. The highest BCUT2D eigenvalue weighted by atomic mass is 19.1. The Morgan fingerprint density at radius 1 is 0.857 bits per heavy atom. The minimum absolute atomic E-state index is 0.0267. The van der Waals surface area contributed by atoms with Crippen molar-refractivity contribution in [2.24, 2.45) is 0 Å². The molecule has 0 aliphatic carbocycles. The van der Waals surface area contributed by atoms with E-state index in [0.29, 0.717) is 25.0 Å². The number of aryl methyl sites for hydroxylation is 1. The molecule has 0 spiro atoms. The zero-order valence-corrected chi connectivity index (χ0v) is 15.3. The van der Waals surface area contributed by atoms with Gasteiger partial charge in [-0.25, -0.2) is 4.39 Å². The molecule has 0 bridgehead atoms. The number of ether oxygens (including phenoxy) is 2. The van der Waals surface area contributed by atoms with Crippen LogP contribution in [-0.2, 0) is 17.6 Å². The number of benzene rings is 3. The molecule has 144 valence electrons. The summed E-state index contributed by atoms with van der Waals surface area (Å²) in [5.74, 6) is 0.276. The van der Waals surface area contributed by atoms with Gasteiger partial charge < -0.3 is 14.6 Å². The van der Waals surface area contributed by atoms with Crippen LogP contribution in [0, 0.1) is 5.82 Å². The van der Waals surface area contributed by atoms with E-state index in [2.05, 4.69) is 0 Å². The highest BCUT2D eigenvalue weighted by Gasteiger charge is 2.07. The first-order valence-electron chi connectivity index (χ1n) is 9.05. The van der Waals surface area contributed by atoms with Crippen LogP contribution in [0.1, 0.15) is 17.5 Å². The van der Waals surface area contributed by atoms with Gasteiger partial charge in [-0.3, -0.25) is 4.79 Å². The maximum Gasteiger partial charge on any atom is 0.303 e. The summed E-state index contributed by atoms with van der Waals surface area (Å²) in [7, 11) is 0. The monoisotopic (exact) mass is 380 g/mol. The summed E-state index contributed by atoms with van der Waals surface area (Å²) in [6.45, 7) is 0.320. The Balaban J connectivity index is 1.53. The molecular formula is C23H21FO4. The van der Waals surface area contributed by atoms with Crippen LogP contribution < -0.4 is 9.47 Å². The zero-order valence-electron chi connectivity index (χ0n) is 15.3. The third-order valence-corrected chi connectivity index (χ3v) is 4.15. The van der Waals surface area contributed by atoms with Crippen molar-refractivity contribution in [1.82, 2.24) is 0 Å². The van der Waals surface area contributed by atoms with Gasteiger partial charge >= 0.3 is 5.97 Å². The molecule has 0 unspecified atom stereocenters. The topological polar surface area (TPSA) is 55.8 Å². The second-order valence-corrected chi connectivity index (χ2v) is 6.32. The van der Waals surface area contributed by atoms with Gasteiger partial charge in [-0.2, -0.15) is 0 Å². The van der Waals surface area contributed by atoms with Crippen LogP contribution in [0.4, 0.5) is 4.39 Å². The van der Waals surface area contributed by atoms with E-state index in [4.69, 9.17) is 14.6 Å². The van der Waals surface area contributed by atoms with Crippen molar-refractivity contribution in [3.8, 4) is 17.2 Å². The second kappa shape index (κ2) is 9.55. The van der Waals surface area contributed by atoms with Crippen LogP contribution in [0.3, 0.4) is 0 Å². The number of halogens is 1. The summed E-state index contributed by atoms with van der Waals surface area (Å²) >= 11 is 0. The molecule has 0 fully saturated rings. The number of carboxylic acid groups (broad SMARTS) is 1. The summed E-state index contributed by atoms with van der Waals surface area (Å²) in [5.41, 5.74) is 1.66. The average molecular weight is 380 g/mol. The van der Waals surface area contributed by atoms with Crippen LogP contribution in [0.15, 0.2) is 72.8 Å². The van der Waals surface area contributed by atoms with Crippen LogP contribution in [0.25, 0.3) is 0 Å². The highest BCUT2D eigenvalue weighted by Crippen LogP contribution is 2.23. The van der Waals surface area contributed by atoms with E-state index in [1.54, 1.807) is 12.1 Å². The van der Waals surface area contributed by atoms with Crippen molar-refractivity contribution in [3.63, 3.8) is 0 Å². The zero-order chi connectivity index (χ0) is 19.8. The van der Waals surface area contributed by atoms with Crippen LogP contribution in [0.5, 0.6) is 17.2 Å². The Bertz CT molecular complexity index is 925. The van der Waals surface area contributed by atoms with Crippen LogP contribution in [-0.4, -0.2) is 17.7 Å². The molecule has 0 saturated carbocycles. The molecule has 0 atom stereocenters. The van der Waals surface area contributed by atoms with Gasteiger partial charge in [0.05, 0.1) is 6.61 Å². The van der Waals surface area contributed by atoms with Crippen molar-refractivity contribution in [2.75, 3.05) is 6.61 Å². The molecule has 1 N–H and O–H groups in total. The molecule has 4 nitrogen and oxygen atoms in total. The number of carboxylic acids is 1. The van der Waals surface area contributed by atoms with E-state index in [9.17, 15) is 9.18 Å². The Kier molecular flexibility index (Phi) is 6.63. The first-order valence-corrected chi connectivity index (χ1v) is 9.05. The van der Waals surface area contributed by atoms with Gasteiger partial charge in [-0.1, -0.05) is 36.4 Å². The first kappa shape index (κ1) is 19.4. The molecule has 5 heteroatoms. The molecule has 3 rings (SSSR count). The van der Waals surface area contributed by atoms with Crippen LogP contribution in [0.2, 0.25) is 0 Å². The van der Waals surface area contributed by atoms with Gasteiger partial charge in [0.2, 0.25) is 0 Å². The van der Waals surface area contributed by atoms with Crippen LogP contribution >= 0.6 is 0 Å². The van der Waals surface area contributed by atoms with Crippen molar-refractivity contribution in [2.45, 2.75) is 19.3 Å². The van der Waals surface area contributed by atoms with E-state index in [-0.39, 0.29) is 12.2 Å². The fraction of sp³-hybridized carbons (Fsp3) is 0.174. The van der Waals surface area contributed by atoms with Crippen molar-refractivity contribution < 1.29 is 23.8 Å². The first-order chi connectivity index (χ1) is 13.6. The second-order valence-electron chi connectivity index (χ2n) is 6.32. The van der Waals surface area contributed by atoms with Crippen molar-refractivity contribution in [1.29, 1.82) is 0 Å². The van der Waals surface area contributed by atoms with E-state index in [1.165, 1.54) is 6.07 Å². The fourth-order valence-corrected chi connectivity index (χ4v) is 2.74. The van der Waals surface area contributed by atoms with E-state index < -0.39 is 11.8 Å². The number of carbonyl (C=O) groups is 1. The predicted octanol–water partition coefficient (Wildman–Crippen LogP) is 5.26. The third-order valence-electron chi connectivity index (χ3n) is 4.15. The van der Waals surface area contributed by atoms with E-state index in [1.807, 2.05) is 54.6 Å². The van der Waals surface area contributed by atoms with Crippen molar-refractivity contribution in [3.05, 3.63) is 89.7 Å². The molecule has 3 aromatic rings. The van der Waals surface area contributed by atoms with Gasteiger partial charge in [-0.05, 0) is 53.9 Å². The Labute approximate surface area is 163 Å². The molecule has 3 aromatic carbocycles. The standard InChI is InChI=1S/C23H21FO4/c24-21-16-18(10-12-23(25)26)9-11-22(21)27-14-13-17-5-4-8-20(15-17)28-19-6-2-1-3-7-19/h1-9,11,15-16H,10,12-14H2,(H,25,26). The number of para-hydroxylation sites is 1. The molecule has 28 heavy (non-hydrogen) atoms. The number of aliphatic carboxylic acids is 1. The van der Waals surface area contributed by atoms with Gasteiger partial charge in [0, 0.05) is 12.8 Å². The molecule has 0 aliphatic heterocycles. The molecule has 0 heterocycles. The maximum atomic E-state index is 14.1. The van der Waals surface area contributed by atoms with Crippen molar-refractivity contribution >= 4 is 5.97 Å². The summed E-state index contributed by atoms with van der Waals surface area (Å²) < 4.78 is 25.5. The Morgan fingerprint density at radius 3 is 2.36 bits per heavy atom. The minimum Gasteiger partial charge on any atom is -0.490 e. The molecule has 0 saturated heterocycles. The maximum absolute atomic E-state index is 14.1. The lowest BCUT2D eigenvalue weighted by Crippen LogP contribution is -2.04. The summed E-state index contributed by atoms with van der Waals surface area (Å²) in [4.78, 5) is 10.6.